The van der Waals surface area contributed by atoms with E-state index in [1.165, 1.54) is 10.4 Å². The van der Waals surface area contributed by atoms with Crippen LogP contribution in [0.5, 0.6) is 0 Å². The molecule has 0 amide bonds. The molecule has 1 saturated heterocycles. The maximum atomic E-state index is 14.0. The molecule has 1 heterocycles. The molecule has 7 heteroatoms. The van der Waals surface area contributed by atoms with Crippen molar-refractivity contribution in [3.63, 3.8) is 0 Å². The number of hydrogen-bond acceptors (Lipinski definition) is 3. The summed E-state index contributed by atoms with van der Waals surface area (Å²) in [6.07, 6.45) is 1.93. The fraction of sp³-hybridized carbons (Fsp3) is 0.647. The third-order valence-corrected chi connectivity index (χ3v) is 6.32. The summed E-state index contributed by atoms with van der Waals surface area (Å²) in [6.45, 7) is 4.16. The van der Waals surface area contributed by atoms with Crippen LogP contribution in [0.4, 0.5) is 4.39 Å². The molecule has 5 nitrogen and oxygen atoms in total. The zero-order chi connectivity index (χ0) is 17.7. The van der Waals surface area contributed by atoms with Crippen molar-refractivity contribution in [1.82, 2.24) is 13.5 Å². The van der Waals surface area contributed by atoms with Gasteiger partial charge in [0, 0.05) is 38.3 Å². The summed E-state index contributed by atoms with van der Waals surface area (Å²) in [4.78, 5) is 1.93. The molecule has 1 aliphatic heterocycles. The molecule has 24 heavy (non-hydrogen) atoms. The lowest BCUT2D eigenvalue weighted by Gasteiger charge is -2.35. The highest BCUT2D eigenvalue weighted by Gasteiger charge is 2.32. The third kappa shape index (κ3) is 4.99. The van der Waals surface area contributed by atoms with E-state index in [4.69, 9.17) is 0 Å². The van der Waals surface area contributed by atoms with Gasteiger partial charge in [-0.2, -0.15) is 17.0 Å². The predicted molar refractivity (Wildman–Crippen MR) is 94.3 cm³/mol. The van der Waals surface area contributed by atoms with E-state index >= 15 is 0 Å². The van der Waals surface area contributed by atoms with E-state index in [1.54, 1.807) is 22.5 Å². The molecular weight excluding hydrogens is 329 g/mol. The van der Waals surface area contributed by atoms with Gasteiger partial charge in [0.2, 0.25) is 0 Å². The van der Waals surface area contributed by atoms with Gasteiger partial charge in [0.05, 0.1) is 0 Å². The Bertz CT molecular complexity index is 636. The number of benzene rings is 1. The molecular formula is C17H28FN3O2S. The molecule has 0 spiro atoms. The Kier molecular flexibility index (Phi) is 6.74. The van der Waals surface area contributed by atoms with Crippen molar-refractivity contribution in [3.05, 3.63) is 35.6 Å². The second-order valence-electron chi connectivity index (χ2n) is 6.84. The third-order valence-electron chi connectivity index (χ3n) is 4.37. The normalized spacial score (nSPS) is 20.0. The molecule has 2 rings (SSSR count). The second kappa shape index (κ2) is 8.38. The Morgan fingerprint density at radius 3 is 2.58 bits per heavy atom. The van der Waals surface area contributed by atoms with Crippen LogP contribution in [-0.4, -0.2) is 62.2 Å². The van der Waals surface area contributed by atoms with Crippen molar-refractivity contribution in [2.75, 3.05) is 40.3 Å². The first kappa shape index (κ1) is 19.3. The van der Waals surface area contributed by atoms with E-state index in [0.29, 0.717) is 37.7 Å². The fourth-order valence-electron chi connectivity index (χ4n) is 2.92. The molecule has 1 aromatic carbocycles. The number of nitrogens with zero attached hydrogens (tertiary/aromatic N) is 3. The average molecular weight is 357 g/mol. The molecule has 1 aromatic rings. The van der Waals surface area contributed by atoms with Gasteiger partial charge in [-0.05, 0) is 38.9 Å². The smallest absolute Gasteiger partial charge is 0.282 e. The average Bonchev–Trinajstić information content (AvgIpc) is 2.52. The minimum absolute atomic E-state index is 0.0632. The fourth-order valence-corrected chi connectivity index (χ4v) is 4.67. The molecule has 0 aliphatic carbocycles. The van der Waals surface area contributed by atoms with Gasteiger partial charge >= 0.3 is 0 Å². The van der Waals surface area contributed by atoms with Crippen LogP contribution in [0.15, 0.2) is 24.3 Å². The van der Waals surface area contributed by atoms with Gasteiger partial charge in [0.1, 0.15) is 5.82 Å². The lowest BCUT2D eigenvalue weighted by Crippen LogP contribution is -2.48. The van der Waals surface area contributed by atoms with Crippen molar-refractivity contribution in [2.45, 2.75) is 26.3 Å². The second-order valence-corrected chi connectivity index (χ2v) is 8.77. The highest BCUT2D eigenvalue weighted by atomic mass is 32.2. The van der Waals surface area contributed by atoms with Gasteiger partial charge in [-0.25, -0.2) is 4.39 Å². The zero-order valence-electron chi connectivity index (χ0n) is 14.8. The largest absolute Gasteiger partial charge is 0.308 e. The first-order valence-corrected chi connectivity index (χ1v) is 9.83. The number of likely N-dealkylation sites (N-methyl/N-ethyl adjacent to an activating group) is 1. The number of halogens is 1. The Morgan fingerprint density at radius 2 is 1.96 bits per heavy atom. The maximum absolute atomic E-state index is 14.0. The molecule has 1 unspecified atom stereocenters. The van der Waals surface area contributed by atoms with Crippen LogP contribution in [0.2, 0.25) is 0 Å². The zero-order valence-corrected chi connectivity index (χ0v) is 15.6. The minimum atomic E-state index is -3.59. The molecule has 1 fully saturated rings. The summed E-state index contributed by atoms with van der Waals surface area (Å²) in [7, 11) is 0.205. The monoisotopic (exact) mass is 357 g/mol. The van der Waals surface area contributed by atoms with E-state index in [9.17, 15) is 12.8 Å². The molecule has 0 bridgehead atoms. The van der Waals surface area contributed by atoms with Gasteiger partial charge in [0.25, 0.3) is 10.2 Å². The number of hydrogen-bond donors (Lipinski definition) is 0. The van der Waals surface area contributed by atoms with E-state index in [0.717, 1.165) is 12.8 Å². The minimum Gasteiger partial charge on any atom is -0.308 e. The van der Waals surface area contributed by atoms with Crippen LogP contribution >= 0.6 is 0 Å². The van der Waals surface area contributed by atoms with Crippen LogP contribution in [0.3, 0.4) is 0 Å². The van der Waals surface area contributed by atoms with Crippen LogP contribution < -0.4 is 0 Å². The highest BCUT2D eigenvalue weighted by Crippen LogP contribution is 2.22. The Labute approximate surface area is 145 Å². The van der Waals surface area contributed by atoms with Gasteiger partial charge in [-0.15, -0.1) is 0 Å². The summed E-state index contributed by atoms with van der Waals surface area (Å²) in [6, 6.07) is 6.36. The van der Waals surface area contributed by atoms with E-state index in [1.807, 2.05) is 19.0 Å². The molecule has 136 valence electrons. The Hall–Kier alpha value is -1.02. The SMILES string of the molecule is CC1CCCN(S(=O)(=O)N(CCN(C)C)Cc2ccccc2F)C1. The summed E-state index contributed by atoms with van der Waals surface area (Å²) in [5, 5.41) is 0. The topological polar surface area (TPSA) is 43.9 Å². The van der Waals surface area contributed by atoms with Crippen molar-refractivity contribution in [2.24, 2.45) is 5.92 Å². The van der Waals surface area contributed by atoms with Crippen LogP contribution in [0.1, 0.15) is 25.3 Å². The predicted octanol–water partition coefficient (Wildman–Crippen LogP) is 2.17. The first-order chi connectivity index (χ1) is 11.3. The quantitative estimate of drug-likeness (QED) is 0.751. The Morgan fingerprint density at radius 1 is 1.25 bits per heavy atom. The highest BCUT2D eigenvalue weighted by molar-refractivity contribution is 7.86. The van der Waals surface area contributed by atoms with E-state index in [-0.39, 0.29) is 12.4 Å². The Balaban J connectivity index is 2.22. The standard InChI is InChI=1S/C17H28FN3O2S/c1-15-7-6-10-20(13-15)24(22,23)21(12-11-19(2)3)14-16-8-4-5-9-17(16)18/h4-5,8-9,15H,6-7,10-14H2,1-3H3. The number of piperidine rings is 1. The van der Waals surface area contributed by atoms with Gasteiger partial charge < -0.3 is 4.90 Å². The lowest BCUT2D eigenvalue weighted by atomic mass is 10.0. The van der Waals surface area contributed by atoms with Crippen molar-refractivity contribution in [1.29, 1.82) is 0 Å². The van der Waals surface area contributed by atoms with Crippen LogP contribution in [0, 0.1) is 11.7 Å². The van der Waals surface area contributed by atoms with E-state index < -0.39 is 10.2 Å². The maximum Gasteiger partial charge on any atom is 0.282 e. The van der Waals surface area contributed by atoms with Crippen LogP contribution in [0.25, 0.3) is 0 Å². The molecule has 0 radical (unpaired) electrons. The molecule has 0 saturated carbocycles. The number of rotatable bonds is 7. The van der Waals surface area contributed by atoms with E-state index in [2.05, 4.69) is 6.92 Å². The summed E-state index contributed by atoms with van der Waals surface area (Å²) >= 11 is 0. The molecule has 0 N–H and O–H groups in total. The van der Waals surface area contributed by atoms with Crippen molar-refractivity contribution >= 4 is 10.2 Å². The van der Waals surface area contributed by atoms with Gasteiger partial charge in [-0.3, -0.25) is 0 Å². The van der Waals surface area contributed by atoms with Crippen molar-refractivity contribution in [3.8, 4) is 0 Å². The molecule has 1 aliphatic rings. The molecule has 0 aromatic heterocycles. The van der Waals surface area contributed by atoms with Gasteiger partial charge in [-0.1, -0.05) is 25.1 Å². The van der Waals surface area contributed by atoms with Crippen LogP contribution in [-0.2, 0) is 16.8 Å². The van der Waals surface area contributed by atoms with Crippen molar-refractivity contribution < 1.29 is 12.8 Å². The molecule has 1 atom stereocenters. The summed E-state index contributed by atoms with van der Waals surface area (Å²) in [5.41, 5.74) is 0.407. The summed E-state index contributed by atoms with van der Waals surface area (Å²) < 4.78 is 43.1. The van der Waals surface area contributed by atoms with Gasteiger partial charge in [0.15, 0.2) is 0 Å². The lowest BCUT2D eigenvalue weighted by molar-refractivity contribution is 0.248. The first-order valence-electron chi connectivity index (χ1n) is 8.44. The summed E-state index contributed by atoms with van der Waals surface area (Å²) in [5.74, 6) is -0.00718.